The molecule has 3 atom stereocenters. The van der Waals surface area contributed by atoms with Gasteiger partial charge in [-0.2, -0.15) is 5.10 Å². The van der Waals surface area contributed by atoms with Crippen LogP contribution in [0.15, 0.2) is 30.5 Å². The largest absolute Gasteiger partial charge is 0.395 e. The lowest BCUT2D eigenvalue weighted by molar-refractivity contribution is 0.114. The number of aliphatic hydroxyl groups excluding tert-OH is 1. The van der Waals surface area contributed by atoms with Crippen LogP contribution in [-0.4, -0.2) is 55.0 Å². The maximum absolute atomic E-state index is 9.69. The maximum atomic E-state index is 9.69. The van der Waals surface area contributed by atoms with Crippen LogP contribution in [0, 0.1) is 6.92 Å². The Balaban J connectivity index is 1.44. The third-order valence-electron chi connectivity index (χ3n) is 7.17. The molecule has 174 valence electrons. The van der Waals surface area contributed by atoms with Gasteiger partial charge in [0.05, 0.1) is 30.2 Å². The van der Waals surface area contributed by atoms with Crippen LogP contribution in [0.3, 0.4) is 0 Å². The molecule has 8 heteroatoms. The van der Waals surface area contributed by atoms with Gasteiger partial charge >= 0.3 is 0 Å². The number of allylic oxidation sites excluding steroid dienone is 1. The van der Waals surface area contributed by atoms with Gasteiger partial charge in [-0.05, 0) is 75.8 Å². The summed E-state index contributed by atoms with van der Waals surface area (Å²) in [7, 11) is 0. The summed E-state index contributed by atoms with van der Waals surface area (Å²) in [6, 6.07) is 6.27. The predicted molar refractivity (Wildman–Crippen MR) is 133 cm³/mol. The predicted octanol–water partition coefficient (Wildman–Crippen LogP) is 5.44. The van der Waals surface area contributed by atoms with Gasteiger partial charge in [0.15, 0.2) is 5.65 Å². The summed E-state index contributed by atoms with van der Waals surface area (Å²) in [6.45, 7) is 5.37. The Bertz CT molecular complexity index is 1210. The van der Waals surface area contributed by atoms with Crippen LogP contribution in [0.1, 0.15) is 62.0 Å². The Morgan fingerprint density at radius 2 is 2.09 bits per heavy atom. The first-order valence-electron chi connectivity index (χ1n) is 11.7. The van der Waals surface area contributed by atoms with Crippen LogP contribution in [0.4, 0.5) is 0 Å². The van der Waals surface area contributed by atoms with Gasteiger partial charge in [-0.3, -0.25) is 4.90 Å². The van der Waals surface area contributed by atoms with Crippen LogP contribution in [-0.2, 0) is 0 Å². The van der Waals surface area contributed by atoms with Crippen molar-refractivity contribution in [2.45, 2.75) is 64.1 Å². The molecule has 1 N–H and O–H groups in total. The molecule has 5 rings (SSSR count). The van der Waals surface area contributed by atoms with Crippen molar-refractivity contribution in [2.75, 3.05) is 13.2 Å². The highest BCUT2D eigenvalue weighted by Gasteiger charge is 2.31. The van der Waals surface area contributed by atoms with Crippen LogP contribution in [0.5, 0.6) is 0 Å². The number of aryl methyl sites for hydroxylation is 1. The second-order valence-electron chi connectivity index (χ2n) is 9.17. The molecule has 33 heavy (non-hydrogen) atoms. The number of hydrogen-bond acceptors (Lipinski definition) is 5. The topological polar surface area (TPSA) is 67.1 Å². The Kier molecular flexibility index (Phi) is 6.45. The van der Waals surface area contributed by atoms with Gasteiger partial charge in [0.1, 0.15) is 5.52 Å². The number of nitrogens with zero attached hydrogens (tertiary/aromatic N) is 5. The van der Waals surface area contributed by atoms with Crippen molar-refractivity contribution in [1.29, 1.82) is 0 Å². The third-order valence-corrected chi connectivity index (χ3v) is 7.73. The fourth-order valence-electron chi connectivity index (χ4n) is 5.34. The van der Waals surface area contributed by atoms with Crippen molar-refractivity contribution >= 4 is 39.9 Å². The van der Waals surface area contributed by atoms with Gasteiger partial charge in [-0.25, -0.2) is 14.6 Å². The van der Waals surface area contributed by atoms with Crippen molar-refractivity contribution in [3.05, 3.63) is 57.5 Å². The number of likely N-dealkylation sites (tertiary alicyclic amines) is 1. The van der Waals surface area contributed by atoms with Crippen molar-refractivity contribution in [1.82, 2.24) is 24.6 Å². The molecule has 1 aromatic carbocycles. The average molecular weight is 486 g/mol. The number of halogens is 2. The summed E-state index contributed by atoms with van der Waals surface area (Å²) in [6.07, 6.45) is 9.50. The number of benzene rings is 1. The van der Waals surface area contributed by atoms with E-state index < -0.39 is 0 Å². The lowest BCUT2D eigenvalue weighted by Crippen LogP contribution is -2.41. The molecule has 1 aliphatic heterocycles. The first-order chi connectivity index (χ1) is 16.0. The lowest BCUT2D eigenvalue weighted by atomic mass is 9.92. The van der Waals surface area contributed by atoms with Crippen LogP contribution >= 0.6 is 23.2 Å². The second-order valence-corrected chi connectivity index (χ2v) is 10.0. The third kappa shape index (κ3) is 4.30. The minimum atomic E-state index is -0.106. The van der Waals surface area contributed by atoms with Crippen molar-refractivity contribution in [2.24, 2.45) is 0 Å². The average Bonchev–Trinajstić information content (AvgIpc) is 3.43. The molecule has 0 saturated carbocycles. The smallest absolute Gasteiger partial charge is 0.178 e. The molecule has 3 aromatic rings. The van der Waals surface area contributed by atoms with E-state index in [1.165, 1.54) is 12.0 Å². The molecular weight excluding hydrogens is 457 g/mol. The zero-order valence-corrected chi connectivity index (χ0v) is 20.5. The van der Waals surface area contributed by atoms with Crippen LogP contribution in [0.2, 0.25) is 10.0 Å². The Morgan fingerprint density at radius 3 is 2.82 bits per heavy atom. The summed E-state index contributed by atoms with van der Waals surface area (Å²) in [5, 5.41) is 15.7. The molecule has 0 amide bonds. The highest BCUT2D eigenvalue weighted by atomic mass is 35.5. The van der Waals surface area contributed by atoms with Gasteiger partial charge < -0.3 is 5.11 Å². The Hall–Kier alpha value is -1.99. The maximum Gasteiger partial charge on any atom is 0.178 e. The number of aromatic nitrogens is 4. The number of rotatable bonds is 5. The molecular formula is C25H29Cl2N5O. The highest BCUT2D eigenvalue weighted by molar-refractivity contribution is 6.35. The van der Waals surface area contributed by atoms with Crippen molar-refractivity contribution in [3.8, 4) is 0 Å². The number of aliphatic hydroxyl groups is 1. The van der Waals surface area contributed by atoms with Gasteiger partial charge in [0.25, 0.3) is 0 Å². The van der Waals surface area contributed by atoms with E-state index in [0.717, 1.165) is 60.3 Å². The van der Waals surface area contributed by atoms with E-state index in [1.54, 1.807) is 6.07 Å². The van der Waals surface area contributed by atoms with E-state index in [-0.39, 0.29) is 12.6 Å². The van der Waals surface area contributed by atoms with Gasteiger partial charge in [-0.1, -0.05) is 35.3 Å². The summed E-state index contributed by atoms with van der Waals surface area (Å²) in [5.74, 6) is 0. The number of hydrogen-bond donors (Lipinski definition) is 1. The molecule has 1 saturated heterocycles. The van der Waals surface area contributed by atoms with E-state index in [4.69, 9.17) is 38.3 Å². The molecule has 2 aromatic heterocycles. The minimum absolute atomic E-state index is 0.106. The fraction of sp³-hybridized carbons (Fsp3) is 0.480. The minimum Gasteiger partial charge on any atom is -0.395 e. The van der Waals surface area contributed by atoms with E-state index in [1.807, 2.05) is 29.9 Å². The van der Waals surface area contributed by atoms with Gasteiger partial charge in [0, 0.05) is 22.1 Å². The van der Waals surface area contributed by atoms with Crippen molar-refractivity contribution in [3.63, 3.8) is 0 Å². The Labute approximate surface area is 204 Å². The number of fused-ring (bicyclic) bond motifs is 1. The zero-order chi connectivity index (χ0) is 23.1. The summed E-state index contributed by atoms with van der Waals surface area (Å²) < 4.78 is 1.92. The summed E-state index contributed by atoms with van der Waals surface area (Å²) >= 11 is 12.6. The van der Waals surface area contributed by atoms with Crippen LogP contribution < -0.4 is 0 Å². The van der Waals surface area contributed by atoms with Gasteiger partial charge in [-0.15, -0.1) is 0 Å². The summed E-state index contributed by atoms with van der Waals surface area (Å²) in [5.41, 5.74) is 5.53. The van der Waals surface area contributed by atoms with E-state index >= 15 is 0 Å². The fourth-order valence-corrected chi connectivity index (χ4v) is 5.90. The van der Waals surface area contributed by atoms with Crippen molar-refractivity contribution < 1.29 is 5.11 Å². The molecule has 0 radical (unpaired) electrons. The SMILES string of the molecule is Cc1nn(C(C)c2ccc(Cl)cc2Cl)c2nc(C3=CCC(N4CCC[C@H]4CO)CC3)cnc12. The second kappa shape index (κ2) is 9.34. The van der Waals surface area contributed by atoms with E-state index in [0.29, 0.717) is 22.1 Å². The molecule has 1 fully saturated rings. The normalized spacial score (nSPS) is 22.6. The van der Waals surface area contributed by atoms with E-state index in [2.05, 4.69) is 17.9 Å². The molecule has 2 unspecified atom stereocenters. The summed E-state index contributed by atoms with van der Waals surface area (Å²) in [4.78, 5) is 12.2. The molecule has 3 heterocycles. The van der Waals surface area contributed by atoms with Gasteiger partial charge in [0.2, 0.25) is 0 Å². The molecule has 0 bridgehead atoms. The molecule has 0 spiro atoms. The Morgan fingerprint density at radius 1 is 1.24 bits per heavy atom. The highest BCUT2D eigenvalue weighted by Crippen LogP contribution is 2.34. The molecule has 2 aliphatic rings. The van der Waals surface area contributed by atoms with Crippen LogP contribution in [0.25, 0.3) is 16.7 Å². The lowest BCUT2D eigenvalue weighted by Gasteiger charge is -2.34. The quantitative estimate of drug-likeness (QED) is 0.520. The first-order valence-corrected chi connectivity index (χ1v) is 12.4. The first kappa shape index (κ1) is 22.8. The van der Waals surface area contributed by atoms with E-state index in [9.17, 15) is 5.11 Å². The standard InChI is InChI=1S/C25H29Cl2N5O/c1-15-24-25(32(30-15)16(2)21-10-7-18(26)12-22(21)27)29-23(13-28-24)17-5-8-19(9-6-17)31-11-3-4-20(31)14-33/h5,7,10,12-13,16,19-20,33H,3-4,6,8-9,11,14H2,1-2H3/t16?,19?,20-/m0/s1. The molecule has 6 nitrogen and oxygen atoms in total. The monoisotopic (exact) mass is 485 g/mol. The zero-order valence-electron chi connectivity index (χ0n) is 19.0. The molecule has 1 aliphatic carbocycles.